The minimum absolute atomic E-state index is 0.0963. The predicted molar refractivity (Wildman–Crippen MR) is 69.9 cm³/mol. The minimum atomic E-state index is -0.232. The third kappa shape index (κ3) is 1.87. The summed E-state index contributed by atoms with van der Waals surface area (Å²) in [5.74, 6) is 0.511. The summed E-state index contributed by atoms with van der Waals surface area (Å²) in [5, 5.41) is 18.9. The number of nitrogens with zero attached hydrogens (tertiary/aromatic N) is 2. The number of piperidine rings is 1. The van der Waals surface area contributed by atoms with Gasteiger partial charge in [-0.2, -0.15) is 5.26 Å². The van der Waals surface area contributed by atoms with E-state index in [1.165, 1.54) is 0 Å². The van der Waals surface area contributed by atoms with Crippen molar-refractivity contribution in [2.75, 3.05) is 6.61 Å². The molecule has 2 unspecified atom stereocenters. The predicted octanol–water partition coefficient (Wildman–Crippen LogP) is 1.69. The molecular formula is C15H22N2O2. The molecule has 1 N–H and O–H groups in total. The van der Waals surface area contributed by atoms with Gasteiger partial charge in [0, 0.05) is 24.0 Å². The Hall–Kier alpha value is -1.08. The molecule has 0 radical (unpaired) electrons. The summed E-state index contributed by atoms with van der Waals surface area (Å²) in [6.07, 6.45) is 6.01. The molecule has 0 spiro atoms. The molecule has 3 rings (SSSR count). The van der Waals surface area contributed by atoms with Crippen molar-refractivity contribution in [3.63, 3.8) is 0 Å². The van der Waals surface area contributed by atoms with Gasteiger partial charge in [0.25, 0.3) is 0 Å². The molecule has 1 saturated heterocycles. The van der Waals surface area contributed by atoms with E-state index in [1.807, 2.05) is 11.8 Å². The topological polar surface area (TPSA) is 64.3 Å². The molecule has 0 aromatic rings. The lowest BCUT2D eigenvalue weighted by atomic mass is 9.74. The molecule has 1 amide bonds. The Morgan fingerprint density at radius 2 is 2.16 bits per heavy atom. The number of hydrogen-bond donors (Lipinski definition) is 1. The van der Waals surface area contributed by atoms with Crippen LogP contribution in [0.5, 0.6) is 0 Å². The molecule has 3 aliphatic rings. The number of aliphatic hydroxyl groups is 1. The molecule has 104 valence electrons. The Bertz CT molecular complexity index is 422. The van der Waals surface area contributed by atoms with Crippen molar-refractivity contribution < 1.29 is 9.90 Å². The van der Waals surface area contributed by atoms with Gasteiger partial charge in [0.15, 0.2) is 0 Å². The molecule has 2 aliphatic carbocycles. The molecule has 4 nitrogen and oxygen atoms in total. The number of nitriles is 1. The molecule has 0 bridgehead atoms. The monoisotopic (exact) mass is 262 g/mol. The number of amides is 1. The van der Waals surface area contributed by atoms with Crippen molar-refractivity contribution in [2.24, 2.45) is 17.3 Å². The third-order valence-corrected chi connectivity index (χ3v) is 5.71. The maximum atomic E-state index is 12.8. The maximum Gasteiger partial charge on any atom is 0.227 e. The Balaban J connectivity index is 1.78. The third-order valence-electron chi connectivity index (χ3n) is 5.71. The van der Waals surface area contributed by atoms with Crippen LogP contribution >= 0.6 is 0 Å². The van der Waals surface area contributed by atoms with Gasteiger partial charge in [-0.15, -0.1) is 0 Å². The molecule has 0 aromatic heterocycles. The molecule has 3 fully saturated rings. The smallest absolute Gasteiger partial charge is 0.227 e. The van der Waals surface area contributed by atoms with Gasteiger partial charge in [-0.1, -0.05) is 19.8 Å². The molecule has 4 heteroatoms. The first-order valence-electron chi connectivity index (χ1n) is 7.45. The van der Waals surface area contributed by atoms with Crippen molar-refractivity contribution in [3.05, 3.63) is 0 Å². The van der Waals surface area contributed by atoms with Crippen LogP contribution in [0.4, 0.5) is 0 Å². The van der Waals surface area contributed by atoms with Crippen molar-refractivity contribution in [2.45, 2.75) is 57.5 Å². The average molecular weight is 262 g/mol. The first-order chi connectivity index (χ1) is 9.13. The van der Waals surface area contributed by atoms with E-state index in [-0.39, 0.29) is 29.9 Å². The Morgan fingerprint density at radius 1 is 1.47 bits per heavy atom. The van der Waals surface area contributed by atoms with Crippen molar-refractivity contribution in [1.82, 2.24) is 4.90 Å². The zero-order valence-electron chi connectivity index (χ0n) is 11.5. The van der Waals surface area contributed by atoms with Crippen molar-refractivity contribution >= 4 is 5.91 Å². The molecule has 2 saturated carbocycles. The highest BCUT2D eigenvalue weighted by atomic mass is 16.3. The lowest BCUT2D eigenvalue weighted by molar-refractivity contribution is -0.141. The molecule has 19 heavy (non-hydrogen) atoms. The van der Waals surface area contributed by atoms with Crippen LogP contribution in [0.25, 0.3) is 0 Å². The van der Waals surface area contributed by atoms with Gasteiger partial charge in [-0.3, -0.25) is 4.79 Å². The number of aliphatic hydroxyl groups excluding tert-OH is 1. The van der Waals surface area contributed by atoms with Gasteiger partial charge in [-0.05, 0) is 31.6 Å². The molecule has 1 aliphatic heterocycles. The summed E-state index contributed by atoms with van der Waals surface area (Å²) in [5.41, 5.74) is -0.232. The van der Waals surface area contributed by atoms with E-state index in [9.17, 15) is 15.2 Å². The van der Waals surface area contributed by atoms with Crippen LogP contribution in [0.15, 0.2) is 0 Å². The summed E-state index contributed by atoms with van der Waals surface area (Å²) >= 11 is 0. The van der Waals surface area contributed by atoms with Crippen LogP contribution in [0.2, 0.25) is 0 Å². The maximum absolute atomic E-state index is 12.8. The van der Waals surface area contributed by atoms with E-state index >= 15 is 0 Å². The molecular weight excluding hydrogens is 240 g/mol. The zero-order valence-corrected chi connectivity index (χ0v) is 11.5. The second-order valence-corrected chi connectivity index (χ2v) is 6.64. The number of carbonyl (C=O) groups excluding carboxylic acids is 1. The van der Waals surface area contributed by atoms with E-state index in [0.29, 0.717) is 12.0 Å². The Labute approximate surface area is 114 Å². The normalized spacial score (nSPS) is 36.7. The summed E-state index contributed by atoms with van der Waals surface area (Å²) in [7, 11) is 0. The van der Waals surface area contributed by atoms with Crippen LogP contribution in [0, 0.1) is 28.6 Å². The standard InChI is InChI=1S/C15H22N2O2/c1-10(15(9-18)4-2-3-5-15)14(19)17-12(8-16)6-11-7-13(11)17/h10-13,18H,2-7,9H2,1H3/t10-,11-,12?,13?/m1/s1. The number of carbonyl (C=O) groups is 1. The van der Waals surface area contributed by atoms with E-state index in [0.717, 1.165) is 38.5 Å². The van der Waals surface area contributed by atoms with Crippen LogP contribution in [-0.2, 0) is 4.79 Å². The summed E-state index contributed by atoms with van der Waals surface area (Å²) in [6.45, 7) is 2.05. The minimum Gasteiger partial charge on any atom is -0.396 e. The van der Waals surface area contributed by atoms with Gasteiger partial charge in [0.05, 0.1) is 6.07 Å². The Morgan fingerprint density at radius 3 is 2.74 bits per heavy atom. The summed E-state index contributed by atoms with van der Waals surface area (Å²) in [4.78, 5) is 14.6. The van der Waals surface area contributed by atoms with Crippen LogP contribution < -0.4 is 0 Å². The highest BCUT2D eigenvalue weighted by Gasteiger charge is 2.56. The van der Waals surface area contributed by atoms with Crippen LogP contribution in [0.3, 0.4) is 0 Å². The quantitative estimate of drug-likeness (QED) is 0.841. The van der Waals surface area contributed by atoms with Gasteiger partial charge in [0.2, 0.25) is 5.91 Å². The van der Waals surface area contributed by atoms with E-state index in [2.05, 4.69) is 6.07 Å². The van der Waals surface area contributed by atoms with Crippen molar-refractivity contribution in [1.29, 1.82) is 5.26 Å². The fourth-order valence-corrected chi connectivity index (χ4v) is 4.18. The summed E-state index contributed by atoms with van der Waals surface area (Å²) in [6, 6.07) is 2.36. The largest absolute Gasteiger partial charge is 0.396 e. The molecule has 4 atom stereocenters. The fourth-order valence-electron chi connectivity index (χ4n) is 4.18. The van der Waals surface area contributed by atoms with Crippen molar-refractivity contribution in [3.8, 4) is 6.07 Å². The lowest BCUT2D eigenvalue weighted by Gasteiger charge is -2.36. The lowest BCUT2D eigenvalue weighted by Crippen LogP contribution is -2.46. The first-order valence-corrected chi connectivity index (χ1v) is 7.45. The highest BCUT2D eigenvalue weighted by molar-refractivity contribution is 5.81. The SMILES string of the molecule is C[C@H](C(=O)N1C(C#N)C[C@@H]2CC21)C1(CO)CCCC1. The van der Waals surface area contributed by atoms with E-state index < -0.39 is 0 Å². The number of likely N-dealkylation sites (tertiary alicyclic amines) is 1. The number of hydrogen-bond acceptors (Lipinski definition) is 3. The molecule has 1 heterocycles. The second kappa shape index (κ2) is 4.49. The highest BCUT2D eigenvalue weighted by Crippen LogP contribution is 2.51. The van der Waals surface area contributed by atoms with Crippen LogP contribution in [0.1, 0.15) is 45.4 Å². The zero-order chi connectivity index (χ0) is 13.6. The first kappa shape index (κ1) is 12.9. The van der Waals surface area contributed by atoms with Crippen LogP contribution in [-0.4, -0.2) is 34.6 Å². The van der Waals surface area contributed by atoms with E-state index in [1.54, 1.807) is 0 Å². The molecule has 0 aromatic carbocycles. The van der Waals surface area contributed by atoms with Gasteiger partial charge in [0.1, 0.15) is 6.04 Å². The Kier molecular flexibility index (Phi) is 3.05. The van der Waals surface area contributed by atoms with Gasteiger partial charge in [-0.25, -0.2) is 0 Å². The fraction of sp³-hybridized carbons (Fsp3) is 0.867. The second-order valence-electron chi connectivity index (χ2n) is 6.64. The van der Waals surface area contributed by atoms with E-state index in [4.69, 9.17) is 0 Å². The number of fused-ring (bicyclic) bond motifs is 1. The number of rotatable bonds is 3. The van der Waals surface area contributed by atoms with Gasteiger partial charge >= 0.3 is 0 Å². The summed E-state index contributed by atoms with van der Waals surface area (Å²) < 4.78 is 0. The van der Waals surface area contributed by atoms with Gasteiger partial charge < -0.3 is 10.0 Å². The average Bonchev–Trinajstić information content (AvgIpc) is 2.91.